The predicted molar refractivity (Wildman–Crippen MR) is 72.5 cm³/mol. The molecule has 1 N–H and O–H groups in total. The van der Waals surface area contributed by atoms with E-state index in [0.29, 0.717) is 0 Å². The van der Waals surface area contributed by atoms with Gasteiger partial charge in [0, 0.05) is 6.07 Å². The predicted octanol–water partition coefficient (Wildman–Crippen LogP) is 2.77. The fourth-order valence-electron chi connectivity index (χ4n) is 1.60. The summed E-state index contributed by atoms with van der Waals surface area (Å²) in [4.78, 5) is 0.198. The minimum absolute atomic E-state index is 0.0121. The van der Waals surface area contributed by atoms with E-state index in [2.05, 4.69) is 35.2 Å². The SMILES string of the molecule is CC(C)(C)c1ccc(S(=O)(=O)Nc2ccon2)cc1. The minimum Gasteiger partial charge on any atom is -0.363 e. The third-order valence-corrected chi connectivity index (χ3v) is 4.08. The van der Waals surface area contributed by atoms with Gasteiger partial charge in [-0.2, -0.15) is 0 Å². The number of aromatic nitrogens is 1. The van der Waals surface area contributed by atoms with Crippen LogP contribution in [0.15, 0.2) is 46.0 Å². The molecule has 0 amide bonds. The van der Waals surface area contributed by atoms with Crippen LogP contribution in [0.5, 0.6) is 0 Å². The highest BCUT2D eigenvalue weighted by molar-refractivity contribution is 7.92. The highest BCUT2D eigenvalue weighted by Crippen LogP contribution is 2.24. The van der Waals surface area contributed by atoms with Crippen LogP contribution in [0.4, 0.5) is 5.82 Å². The summed E-state index contributed by atoms with van der Waals surface area (Å²) in [7, 11) is -3.62. The van der Waals surface area contributed by atoms with E-state index in [9.17, 15) is 8.42 Å². The standard InChI is InChI=1S/C13H16N2O3S/c1-13(2,3)10-4-6-11(7-5-10)19(16,17)15-12-8-9-18-14-12/h4-9H,1-3H3,(H,14,15). The first-order valence-electron chi connectivity index (χ1n) is 5.83. The molecule has 2 aromatic rings. The van der Waals surface area contributed by atoms with Crippen molar-refractivity contribution in [3.63, 3.8) is 0 Å². The van der Waals surface area contributed by atoms with Crippen LogP contribution in [0.2, 0.25) is 0 Å². The van der Waals surface area contributed by atoms with Crippen molar-refractivity contribution in [1.82, 2.24) is 5.16 Å². The average molecular weight is 280 g/mol. The molecule has 0 aliphatic carbocycles. The van der Waals surface area contributed by atoms with E-state index in [1.807, 2.05) is 12.1 Å². The zero-order valence-electron chi connectivity index (χ0n) is 11.0. The molecular weight excluding hydrogens is 264 g/mol. The Kier molecular flexibility index (Phi) is 3.36. The van der Waals surface area contributed by atoms with Gasteiger partial charge < -0.3 is 4.52 Å². The Morgan fingerprint density at radius 3 is 2.21 bits per heavy atom. The van der Waals surface area contributed by atoms with Crippen LogP contribution in [-0.4, -0.2) is 13.6 Å². The number of anilines is 1. The van der Waals surface area contributed by atoms with Gasteiger partial charge in [-0.25, -0.2) is 8.42 Å². The Hall–Kier alpha value is -1.82. The van der Waals surface area contributed by atoms with Gasteiger partial charge in [0.05, 0.1) is 4.90 Å². The molecule has 1 heterocycles. The Labute approximate surface area is 112 Å². The van der Waals surface area contributed by atoms with Crippen molar-refractivity contribution >= 4 is 15.8 Å². The summed E-state index contributed by atoms with van der Waals surface area (Å²) in [5.41, 5.74) is 1.06. The smallest absolute Gasteiger partial charge is 0.263 e. The van der Waals surface area contributed by atoms with Crippen molar-refractivity contribution in [3.05, 3.63) is 42.2 Å². The van der Waals surface area contributed by atoms with Crippen LogP contribution in [0.25, 0.3) is 0 Å². The van der Waals surface area contributed by atoms with Crippen molar-refractivity contribution in [2.24, 2.45) is 0 Å². The van der Waals surface area contributed by atoms with Gasteiger partial charge in [0.2, 0.25) is 0 Å². The lowest BCUT2D eigenvalue weighted by atomic mass is 9.87. The van der Waals surface area contributed by atoms with Gasteiger partial charge in [0.25, 0.3) is 10.0 Å². The number of sulfonamides is 1. The van der Waals surface area contributed by atoms with E-state index in [4.69, 9.17) is 0 Å². The van der Waals surface area contributed by atoms with Crippen LogP contribution >= 0.6 is 0 Å². The van der Waals surface area contributed by atoms with Crippen molar-refractivity contribution in [2.75, 3.05) is 4.72 Å². The molecular formula is C13H16N2O3S. The van der Waals surface area contributed by atoms with Gasteiger partial charge in [-0.3, -0.25) is 4.72 Å². The maximum atomic E-state index is 12.1. The molecule has 0 aliphatic heterocycles. The zero-order chi connectivity index (χ0) is 14.1. The molecule has 0 aliphatic rings. The quantitative estimate of drug-likeness (QED) is 0.938. The fraction of sp³-hybridized carbons (Fsp3) is 0.308. The van der Waals surface area contributed by atoms with Gasteiger partial charge in [-0.15, -0.1) is 0 Å². The molecule has 0 fully saturated rings. The second kappa shape index (κ2) is 4.70. The molecule has 2 rings (SSSR count). The summed E-state index contributed by atoms with van der Waals surface area (Å²) in [5, 5.41) is 3.52. The van der Waals surface area contributed by atoms with Gasteiger partial charge in [0.1, 0.15) is 6.26 Å². The first kappa shape index (κ1) is 13.6. The van der Waals surface area contributed by atoms with Crippen molar-refractivity contribution in [3.8, 4) is 0 Å². The topological polar surface area (TPSA) is 72.2 Å². The third kappa shape index (κ3) is 3.14. The lowest BCUT2D eigenvalue weighted by molar-refractivity contribution is 0.423. The van der Waals surface area contributed by atoms with E-state index < -0.39 is 10.0 Å². The second-order valence-electron chi connectivity index (χ2n) is 5.26. The Balaban J connectivity index is 2.27. The maximum Gasteiger partial charge on any atom is 0.263 e. The minimum atomic E-state index is -3.62. The normalized spacial score (nSPS) is 12.4. The number of hydrogen-bond acceptors (Lipinski definition) is 4. The highest BCUT2D eigenvalue weighted by Gasteiger charge is 2.18. The van der Waals surface area contributed by atoms with Crippen LogP contribution < -0.4 is 4.72 Å². The molecule has 1 aromatic carbocycles. The van der Waals surface area contributed by atoms with Crippen LogP contribution in [0.3, 0.4) is 0 Å². The molecule has 0 bridgehead atoms. The summed E-state index contributed by atoms with van der Waals surface area (Å²) in [6.45, 7) is 6.22. The maximum absolute atomic E-state index is 12.1. The van der Waals surface area contributed by atoms with E-state index in [0.717, 1.165) is 5.56 Å². The number of nitrogens with zero attached hydrogens (tertiary/aromatic N) is 1. The fourth-order valence-corrected chi connectivity index (χ4v) is 2.59. The number of nitrogens with one attached hydrogen (secondary N) is 1. The van der Waals surface area contributed by atoms with E-state index >= 15 is 0 Å². The Morgan fingerprint density at radius 2 is 1.74 bits per heavy atom. The average Bonchev–Trinajstić information content (AvgIpc) is 2.80. The molecule has 1 aromatic heterocycles. The molecule has 19 heavy (non-hydrogen) atoms. The molecule has 0 radical (unpaired) electrons. The Morgan fingerprint density at radius 1 is 1.11 bits per heavy atom. The van der Waals surface area contributed by atoms with Crippen LogP contribution in [0, 0.1) is 0 Å². The van der Waals surface area contributed by atoms with E-state index in [-0.39, 0.29) is 16.1 Å². The molecule has 0 atom stereocenters. The van der Waals surface area contributed by atoms with Gasteiger partial charge >= 0.3 is 0 Å². The lowest BCUT2D eigenvalue weighted by Gasteiger charge is -2.19. The molecule has 6 heteroatoms. The largest absolute Gasteiger partial charge is 0.363 e. The van der Waals surface area contributed by atoms with Crippen molar-refractivity contribution in [2.45, 2.75) is 31.1 Å². The van der Waals surface area contributed by atoms with Gasteiger partial charge in [0.15, 0.2) is 5.82 Å². The van der Waals surface area contributed by atoms with Crippen molar-refractivity contribution in [1.29, 1.82) is 0 Å². The summed E-state index contributed by atoms with van der Waals surface area (Å²) in [6.07, 6.45) is 1.31. The summed E-state index contributed by atoms with van der Waals surface area (Å²) < 4.78 is 31.1. The number of rotatable bonds is 3. The molecule has 0 unspecified atom stereocenters. The number of benzene rings is 1. The second-order valence-corrected chi connectivity index (χ2v) is 6.95. The molecule has 5 nitrogen and oxygen atoms in total. The van der Waals surface area contributed by atoms with Gasteiger partial charge in [-0.05, 0) is 23.1 Å². The summed E-state index contributed by atoms with van der Waals surface area (Å²) in [6, 6.07) is 8.25. The molecule has 0 spiro atoms. The molecule has 102 valence electrons. The van der Waals surface area contributed by atoms with Crippen LogP contribution in [0.1, 0.15) is 26.3 Å². The first-order valence-corrected chi connectivity index (χ1v) is 7.31. The Bertz CT molecular complexity index is 638. The number of hydrogen-bond donors (Lipinski definition) is 1. The summed E-state index contributed by atoms with van der Waals surface area (Å²) in [5.74, 6) is 0.167. The van der Waals surface area contributed by atoms with E-state index in [1.54, 1.807) is 12.1 Å². The zero-order valence-corrected chi connectivity index (χ0v) is 11.9. The monoisotopic (exact) mass is 280 g/mol. The van der Waals surface area contributed by atoms with Crippen LogP contribution in [-0.2, 0) is 15.4 Å². The first-order chi connectivity index (χ1) is 8.79. The highest BCUT2D eigenvalue weighted by atomic mass is 32.2. The molecule has 0 saturated carbocycles. The molecule has 0 saturated heterocycles. The van der Waals surface area contributed by atoms with Crippen molar-refractivity contribution < 1.29 is 12.9 Å². The lowest BCUT2D eigenvalue weighted by Crippen LogP contribution is -2.15. The van der Waals surface area contributed by atoms with Gasteiger partial charge in [-0.1, -0.05) is 38.1 Å². The van der Waals surface area contributed by atoms with E-state index in [1.165, 1.54) is 12.3 Å². The summed E-state index contributed by atoms with van der Waals surface area (Å²) >= 11 is 0. The third-order valence-electron chi connectivity index (χ3n) is 2.71.